The minimum absolute atomic E-state index is 0.471. The van der Waals surface area contributed by atoms with Crippen LogP contribution in [0.25, 0.3) is 0 Å². The van der Waals surface area contributed by atoms with Crippen molar-refractivity contribution in [3.63, 3.8) is 0 Å². The van der Waals surface area contributed by atoms with Crippen LogP contribution in [0.4, 0.5) is 0 Å². The van der Waals surface area contributed by atoms with E-state index < -0.39 is 11.4 Å². The number of methoxy groups -OCH3 is 3. The summed E-state index contributed by atoms with van der Waals surface area (Å²) >= 11 is 0. The van der Waals surface area contributed by atoms with Gasteiger partial charge in [0.15, 0.2) is 11.5 Å². The van der Waals surface area contributed by atoms with Gasteiger partial charge in [-0.2, -0.15) is 0 Å². The van der Waals surface area contributed by atoms with Crippen LogP contribution in [0.2, 0.25) is 0 Å². The molecule has 0 aromatic heterocycles. The maximum atomic E-state index is 11.4. The Bertz CT molecular complexity index is 477. The van der Waals surface area contributed by atoms with Crippen LogP contribution < -0.4 is 14.2 Å². The average molecular weight is 252 g/mol. The Hall–Kier alpha value is -1.91. The fourth-order valence-electron chi connectivity index (χ4n) is 2.14. The molecular weight excluding hydrogens is 236 g/mol. The Kier molecular flexibility index (Phi) is 3.07. The van der Waals surface area contributed by atoms with Gasteiger partial charge in [-0.05, 0) is 18.9 Å². The molecule has 0 unspecified atom stereocenters. The summed E-state index contributed by atoms with van der Waals surface area (Å²) in [7, 11) is 4.55. The molecule has 0 amide bonds. The summed E-state index contributed by atoms with van der Waals surface area (Å²) in [6.07, 6.45) is 1.21. The predicted molar refractivity (Wildman–Crippen MR) is 64.6 cm³/mol. The minimum Gasteiger partial charge on any atom is -0.497 e. The molecule has 1 aliphatic carbocycles. The number of carbonyl (C=O) groups is 1. The van der Waals surface area contributed by atoms with Crippen molar-refractivity contribution < 1.29 is 24.1 Å². The number of hydrogen-bond acceptors (Lipinski definition) is 4. The standard InChI is InChI=1S/C13H16O5/c1-16-8-6-9(13(4-5-13)12(14)15)11(18-3)10(7-8)17-2/h6-7H,4-5H2,1-3H3,(H,14,15). The van der Waals surface area contributed by atoms with Gasteiger partial charge in [-0.25, -0.2) is 0 Å². The molecule has 0 radical (unpaired) electrons. The van der Waals surface area contributed by atoms with Gasteiger partial charge in [-0.3, -0.25) is 4.79 Å². The monoisotopic (exact) mass is 252 g/mol. The lowest BCUT2D eigenvalue weighted by Crippen LogP contribution is -2.20. The number of ether oxygens (including phenoxy) is 3. The van der Waals surface area contributed by atoms with Crippen molar-refractivity contribution in [2.24, 2.45) is 0 Å². The molecule has 2 rings (SSSR count). The van der Waals surface area contributed by atoms with E-state index in [9.17, 15) is 9.90 Å². The molecule has 5 nitrogen and oxygen atoms in total. The summed E-state index contributed by atoms with van der Waals surface area (Å²) in [6.45, 7) is 0. The molecule has 1 fully saturated rings. The van der Waals surface area contributed by atoms with E-state index >= 15 is 0 Å². The number of aliphatic carboxylic acids is 1. The first-order chi connectivity index (χ1) is 8.58. The molecule has 1 saturated carbocycles. The van der Waals surface area contributed by atoms with E-state index in [2.05, 4.69) is 0 Å². The number of hydrogen-bond donors (Lipinski definition) is 1. The van der Waals surface area contributed by atoms with Crippen molar-refractivity contribution in [3.05, 3.63) is 17.7 Å². The molecule has 0 heterocycles. The third kappa shape index (κ3) is 1.75. The van der Waals surface area contributed by atoms with Crippen LogP contribution in [-0.4, -0.2) is 32.4 Å². The van der Waals surface area contributed by atoms with Crippen molar-refractivity contribution in [1.29, 1.82) is 0 Å². The third-order valence-corrected chi connectivity index (χ3v) is 3.36. The smallest absolute Gasteiger partial charge is 0.314 e. The van der Waals surface area contributed by atoms with Gasteiger partial charge in [-0.15, -0.1) is 0 Å². The van der Waals surface area contributed by atoms with Gasteiger partial charge in [0, 0.05) is 11.6 Å². The summed E-state index contributed by atoms with van der Waals surface area (Å²) in [5.41, 5.74) is -0.235. The first-order valence-corrected chi connectivity index (χ1v) is 5.63. The van der Waals surface area contributed by atoms with E-state index in [1.165, 1.54) is 21.3 Å². The quantitative estimate of drug-likeness (QED) is 0.866. The van der Waals surface area contributed by atoms with Gasteiger partial charge in [0.25, 0.3) is 0 Å². The summed E-state index contributed by atoms with van der Waals surface area (Å²) in [4.78, 5) is 11.4. The van der Waals surface area contributed by atoms with Crippen LogP contribution in [0.15, 0.2) is 12.1 Å². The lowest BCUT2D eigenvalue weighted by atomic mass is 9.94. The van der Waals surface area contributed by atoms with Crippen LogP contribution in [0, 0.1) is 0 Å². The Labute approximate surface area is 105 Å². The summed E-state index contributed by atoms with van der Waals surface area (Å²) in [6, 6.07) is 3.39. The topological polar surface area (TPSA) is 65.0 Å². The number of benzene rings is 1. The maximum Gasteiger partial charge on any atom is 0.314 e. The largest absolute Gasteiger partial charge is 0.497 e. The van der Waals surface area contributed by atoms with Crippen LogP contribution in [-0.2, 0) is 10.2 Å². The summed E-state index contributed by atoms with van der Waals surface area (Å²) in [5.74, 6) is 0.684. The molecular formula is C13H16O5. The fraction of sp³-hybridized carbons (Fsp3) is 0.462. The van der Waals surface area contributed by atoms with Crippen LogP contribution in [0.1, 0.15) is 18.4 Å². The fourth-order valence-corrected chi connectivity index (χ4v) is 2.14. The molecule has 0 aliphatic heterocycles. The highest BCUT2D eigenvalue weighted by molar-refractivity contribution is 5.86. The summed E-state index contributed by atoms with van der Waals surface area (Å²) < 4.78 is 15.7. The third-order valence-electron chi connectivity index (χ3n) is 3.36. The highest BCUT2D eigenvalue weighted by atomic mass is 16.5. The van der Waals surface area contributed by atoms with E-state index in [1.807, 2.05) is 0 Å². The molecule has 1 aromatic rings. The zero-order valence-corrected chi connectivity index (χ0v) is 10.6. The van der Waals surface area contributed by atoms with E-state index in [1.54, 1.807) is 12.1 Å². The van der Waals surface area contributed by atoms with Crippen molar-refractivity contribution in [2.75, 3.05) is 21.3 Å². The lowest BCUT2D eigenvalue weighted by Gasteiger charge is -2.18. The summed E-state index contributed by atoms with van der Waals surface area (Å²) in [5, 5.41) is 9.37. The number of carboxylic acids is 1. The van der Waals surface area contributed by atoms with E-state index in [-0.39, 0.29) is 0 Å². The molecule has 0 spiro atoms. The molecule has 0 atom stereocenters. The molecule has 18 heavy (non-hydrogen) atoms. The molecule has 98 valence electrons. The van der Waals surface area contributed by atoms with Crippen LogP contribution >= 0.6 is 0 Å². The molecule has 0 bridgehead atoms. The van der Waals surface area contributed by atoms with Crippen molar-refractivity contribution in [2.45, 2.75) is 18.3 Å². The highest BCUT2D eigenvalue weighted by Gasteiger charge is 2.54. The second-order valence-corrected chi connectivity index (χ2v) is 4.30. The van der Waals surface area contributed by atoms with Crippen LogP contribution in [0.5, 0.6) is 17.2 Å². The first-order valence-electron chi connectivity index (χ1n) is 5.63. The number of carboxylic acid groups (broad SMARTS) is 1. The van der Waals surface area contributed by atoms with Gasteiger partial charge in [0.2, 0.25) is 0 Å². The van der Waals surface area contributed by atoms with Gasteiger partial charge in [0.05, 0.1) is 26.7 Å². The highest BCUT2D eigenvalue weighted by Crippen LogP contribution is 2.54. The predicted octanol–water partition coefficient (Wildman–Crippen LogP) is 1.83. The van der Waals surface area contributed by atoms with Gasteiger partial charge >= 0.3 is 5.97 Å². The molecule has 5 heteroatoms. The molecule has 1 aromatic carbocycles. The van der Waals surface area contributed by atoms with Crippen molar-refractivity contribution in [3.8, 4) is 17.2 Å². The van der Waals surface area contributed by atoms with E-state index in [0.29, 0.717) is 35.7 Å². The second-order valence-electron chi connectivity index (χ2n) is 4.30. The molecule has 1 aliphatic rings. The Morgan fingerprint density at radius 3 is 2.22 bits per heavy atom. The van der Waals surface area contributed by atoms with Gasteiger partial charge < -0.3 is 19.3 Å². The van der Waals surface area contributed by atoms with E-state index in [4.69, 9.17) is 14.2 Å². The van der Waals surface area contributed by atoms with Crippen LogP contribution in [0.3, 0.4) is 0 Å². The van der Waals surface area contributed by atoms with Gasteiger partial charge in [0.1, 0.15) is 5.75 Å². The molecule has 1 N–H and O–H groups in total. The van der Waals surface area contributed by atoms with E-state index in [0.717, 1.165) is 0 Å². The van der Waals surface area contributed by atoms with Crippen molar-refractivity contribution in [1.82, 2.24) is 0 Å². The normalized spacial score (nSPS) is 15.9. The second kappa shape index (κ2) is 4.40. The zero-order chi connectivity index (χ0) is 13.3. The maximum absolute atomic E-state index is 11.4. The van der Waals surface area contributed by atoms with Gasteiger partial charge in [-0.1, -0.05) is 0 Å². The zero-order valence-electron chi connectivity index (χ0n) is 10.6. The number of rotatable bonds is 5. The first kappa shape index (κ1) is 12.5. The molecule has 0 saturated heterocycles. The Morgan fingerprint density at radius 1 is 1.17 bits per heavy atom. The lowest BCUT2D eigenvalue weighted by molar-refractivity contribution is -0.140. The average Bonchev–Trinajstić information content (AvgIpc) is 3.18. The van der Waals surface area contributed by atoms with Crippen molar-refractivity contribution >= 4 is 5.97 Å². The Morgan fingerprint density at radius 2 is 1.83 bits per heavy atom. The SMILES string of the molecule is COc1cc(OC)c(OC)c(C2(C(=O)O)CC2)c1. The Balaban J connectivity index is 2.61. The minimum atomic E-state index is -0.854.